The van der Waals surface area contributed by atoms with E-state index in [1.54, 1.807) is 6.08 Å². The molecule has 0 saturated carbocycles. The number of fused-ring (bicyclic) bond motifs is 1. The predicted octanol–water partition coefficient (Wildman–Crippen LogP) is 1.09. The third kappa shape index (κ3) is 0.676. The largest absolute Gasteiger partial charge is 0.362 e. The molecule has 2 unspecified atom stereocenters. The van der Waals surface area contributed by atoms with E-state index in [-0.39, 0.29) is 11.7 Å². The van der Waals surface area contributed by atoms with Crippen molar-refractivity contribution in [3.05, 3.63) is 24.3 Å². The average Bonchev–Trinajstić information content (AvgIpc) is 2.14. The molecule has 2 aliphatic carbocycles. The molecule has 0 aromatic heterocycles. The number of rotatable bonds is 2. The van der Waals surface area contributed by atoms with Crippen molar-refractivity contribution in [2.75, 3.05) is 6.61 Å². The summed E-state index contributed by atoms with van der Waals surface area (Å²) in [7, 11) is 0. The van der Waals surface area contributed by atoms with Crippen LogP contribution in [0.25, 0.3) is 0 Å². The van der Waals surface area contributed by atoms with Crippen LogP contribution < -0.4 is 0 Å². The number of ketones is 1. The number of ether oxygens (including phenoxy) is 1. The van der Waals surface area contributed by atoms with E-state index < -0.39 is 5.60 Å². The molecule has 2 rings (SSSR count). The Labute approximate surface area is 65.5 Å². The van der Waals surface area contributed by atoms with Crippen LogP contribution in [0.1, 0.15) is 6.92 Å². The minimum Gasteiger partial charge on any atom is -0.362 e. The van der Waals surface area contributed by atoms with Crippen molar-refractivity contribution in [2.24, 2.45) is 5.92 Å². The van der Waals surface area contributed by atoms with Crippen molar-refractivity contribution in [2.45, 2.75) is 12.5 Å². The van der Waals surface area contributed by atoms with E-state index in [2.05, 4.69) is 0 Å². The lowest BCUT2D eigenvalue weighted by Gasteiger charge is -2.35. The van der Waals surface area contributed by atoms with Gasteiger partial charge in [0.15, 0.2) is 11.4 Å². The molecule has 2 aliphatic rings. The number of hydrogen-bond acceptors (Lipinski definition) is 2. The second kappa shape index (κ2) is 2.05. The van der Waals surface area contributed by atoms with Gasteiger partial charge in [0.05, 0.1) is 0 Å². The van der Waals surface area contributed by atoms with Gasteiger partial charge >= 0.3 is 0 Å². The summed E-state index contributed by atoms with van der Waals surface area (Å²) >= 11 is 0. The first-order chi connectivity index (χ1) is 5.29. The molecule has 2 nitrogen and oxygen atoms in total. The van der Waals surface area contributed by atoms with Crippen LogP contribution in [-0.2, 0) is 9.53 Å². The van der Waals surface area contributed by atoms with Crippen molar-refractivity contribution in [1.82, 2.24) is 0 Å². The summed E-state index contributed by atoms with van der Waals surface area (Å²) in [6.45, 7) is 2.50. The fourth-order valence-corrected chi connectivity index (χ4v) is 1.61. The second-order valence-corrected chi connectivity index (χ2v) is 2.83. The summed E-state index contributed by atoms with van der Waals surface area (Å²) in [6, 6.07) is 0. The fraction of sp³-hybridized carbons (Fsp3) is 0.444. The van der Waals surface area contributed by atoms with E-state index in [0.717, 1.165) is 0 Å². The van der Waals surface area contributed by atoms with E-state index in [1.165, 1.54) is 0 Å². The molecule has 0 fully saturated rings. The lowest BCUT2D eigenvalue weighted by Crippen LogP contribution is -2.46. The molecule has 0 aromatic carbocycles. The molecule has 11 heavy (non-hydrogen) atoms. The summed E-state index contributed by atoms with van der Waals surface area (Å²) < 4.78 is 5.40. The van der Waals surface area contributed by atoms with Crippen LogP contribution in [0.4, 0.5) is 0 Å². The maximum Gasteiger partial charge on any atom is 0.192 e. The van der Waals surface area contributed by atoms with Gasteiger partial charge in [-0.05, 0) is 19.1 Å². The highest BCUT2D eigenvalue weighted by Gasteiger charge is 2.49. The lowest BCUT2D eigenvalue weighted by molar-refractivity contribution is -0.135. The summed E-state index contributed by atoms with van der Waals surface area (Å²) in [6.07, 6.45) is 7.36. The summed E-state index contributed by atoms with van der Waals surface area (Å²) in [5.74, 6) is 0.293. The van der Waals surface area contributed by atoms with E-state index in [1.807, 2.05) is 25.2 Å². The molecule has 0 bridgehead atoms. The highest BCUT2D eigenvalue weighted by Crippen LogP contribution is 2.40. The minimum absolute atomic E-state index is 0.0897. The first-order valence-electron chi connectivity index (χ1n) is 3.85. The molecule has 0 N–H and O–H groups in total. The monoisotopic (exact) mass is 150 g/mol. The summed E-state index contributed by atoms with van der Waals surface area (Å²) in [5.41, 5.74) is -0.589. The Bertz CT molecular complexity index is 252. The van der Waals surface area contributed by atoms with E-state index in [4.69, 9.17) is 4.74 Å². The van der Waals surface area contributed by atoms with Gasteiger partial charge in [-0.15, -0.1) is 0 Å². The second-order valence-electron chi connectivity index (χ2n) is 2.83. The van der Waals surface area contributed by atoms with Crippen molar-refractivity contribution in [3.63, 3.8) is 0 Å². The molecule has 2 heteroatoms. The third-order valence-electron chi connectivity index (χ3n) is 2.27. The first-order valence-corrected chi connectivity index (χ1v) is 3.85. The van der Waals surface area contributed by atoms with Crippen LogP contribution in [0.2, 0.25) is 0 Å². The normalized spacial score (nSPS) is 39.0. The van der Waals surface area contributed by atoms with Crippen molar-refractivity contribution in [1.29, 1.82) is 0 Å². The predicted molar refractivity (Wildman–Crippen MR) is 41.1 cm³/mol. The van der Waals surface area contributed by atoms with E-state index in [9.17, 15) is 4.79 Å². The van der Waals surface area contributed by atoms with Gasteiger partial charge in [0.1, 0.15) is 0 Å². The molecule has 2 atom stereocenters. The van der Waals surface area contributed by atoms with Gasteiger partial charge in [0.25, 0.3) is 0 Å². The standard InChI is InChI=1S/C9H10O2/c1-2-11-9-6-5-7(9)3-4-8(9)10/h3-7H,2H2,1H3. The summed E-state index contributed by atoms with van der Waals surface area (Å²) in [5, 5.41) is 0. The van der Waals surface area contributed by atoms with Crippen molar-refractivity contribution in [3.8, 4) is 0 Å². The number of hydrogen-bond donors (Lipinski definition) is 0. The molecule has 58 valence electrons. The van der Waals surface area contributed by atoms with Crippen LogP contribution in [-0.4, -0.2) is 18.0 Å². The SMILES string of the molecule is CCOC12C=CC1C=CC2=O. The van der Waals surface area contributed by atoms with Gasteiger partial charge in [-0.25, -0.2) is 0 Å². The van der Waals surface area contributed by atoms with Gasteiger partial charge in [-0.1, -0.05) is 12.2 Å². The molecule has 0 aromatic rings. The Morgan fingerprint density at radius 3 is 2.91 bits per heavy atom. The van der Waals surface area contributed by atoms with E-state index >= 15 is 0 Å². The lowest BCUT2D eigenvalue weighted by atomic mass is 9.79. The van der Waals surface area contributed by atoms with Gasteiger partial charge < -0.3 is 4.74 Å². The Morgan fingerprint density at radius 2 is 2.45 bits per heavy atom. The molecular weight excluding hydrogens is 140 g/mol. The Kier molecular flexibility index (Phi) is 1.26. The average molecular weight is 150 g/mol. The Morgan fingerprint density at radius 1 is 1.64 bits per heavy atom. The van der Waals surface area contributed by atoms with E-state index in [0.29, 0.717) is 6.61 Å². The fourth-order valence-electron chi connectivity index (χ4n) is 1.61. The van der Waals surface area contributed by atoms with Gasteiger partial charge in [0, 0.05) is 12.5 Å². The van der Waals surface area contributed by atoms with Gasteiger partial charge in [-0.2, -0.15) is 0 Å². The molecule has 0 heterocycles. The maximum atomic E-state index is 11.3. The van der Waals surface area contributed by atoms with Crippen LogP contribution in [0.15, 0.2) is 24.3 Å². The number of carbonyl (C=O) groups excluding carboxylic acids is 1. The molecule has 0 radical (unpaired) electrons. The molecule has 0 amide bonds. The highest BCUT2D eigenvalue weighted by atomic mass is 16.5. The molecule has 0 aliphatic heterocycles. The highest BCUT2D eigenvalue weighted by molar-refractivity contribution is 6.03. The molecule has 0 saturated heterocycles. The van der Waals surface area contributed by atoms with Crippen LogP contribution in [0.5, 0.6) is 0 Å². The molecule has 0 spiro atoms. The van der Waals surface area contributed by atoms with Gasteiger partial charge in [0.2, 0.25) is 0 Å². The Balaban J connectivity index is 2.26. The topological polar surface area (TPSA) is 26.3 Å². The minimum atomic E-state index is -0.589. The summed E-state index contributed by atoms with van der Waals surface area (Å²) in [4.78, 5) is 11.3. The quantitative estimate of drug-likeness (QED) is 0.551. The van der Waals surface area contributed by atoms with Gasteiger partial charge in [-0.3, -0.25) is 4.79 Å². The number of carbonyl (C=O) groups is 1. The van der Waals surface area contributed by atoms with Crippen LogP contribution >= 0.6 is 0 Å². The van der Waals surface area contributed by atoms with Crippen LogP contribution in [0, 0.1) is 5.92 Å². The van der Waals surface area contributed by atoms with Crippen molar-refractivity contribution >= 4 is 5.78 Å². The first kappa shape index (κ1) is 6.80. The van der Waals surface area contributed by atoms with Crippen molar-refractivity contribution < 1.29 is 9.53 Å². The third-order valence-corrected chi connectivity index (χ3v) is 2.27. The Hall–Kier alpha value is -0.890. The maximum absolute atomic E-state index is 11.3. The zero-order chi connectivity index (χ0) is 7.90. The van der Waals surface area contributed by atoms with Crippen LogP contribution in [0.3, 0.4) is 0 Å². The zero-order valence-electron chi connectivity index (χ0n) is 6.41. The smallest absolute Gasteiger partial charge is 0.192 e. The molecular formula is C9H10O2. The zero-order valence-corrected chi connectivity index (χ0v) is 6.41.